The fourth-order valence-electron chi connectivity index (χ4n) is 5.46. The van der Waals surface area contributed by atoms with Crippen LogP contribution in [0.1, 0.15) is 76.4 Å². The minimum absolute atomic E-state index is 0.0918. The molecule has 0 atom stereocenters. The SMILES string of the molecule is CC.CCOC(=O)c1cc(-c2ccc(N3CCC(C#N)CC3)nc2)c(C(=N)C(C)C)c(Nc2ccnc(N3CCCC3)c2)n1. The quantitative estimate of drug-likeness (QED) is 0.201. The molecule has 3 aromatic rings. The highest BCUT2D eigenvalue weighted by Gasteiger charge is 2.25. The molecule has 0 unspecified atom stereocenters. The predicted octanol–water partition coefficient (Wildman–Crippen LogP) is 6.85. The summed E-state index contributed by atoms with van der Waals surface area (Å²) in [6.07, 6.45) is 7.49. The zero-order valence-corrected chi connectivity index (χ0v) is 26.6. The molecule has 0 bridgehead atoms. The van der Waals surface area contributed by atoms with Gasteiger partial charge in [-0.3, -0.25) is 0 Å². The molecule has 0 radical (unpaired) electrons. The molecule has 0 spiro atoms. The molecule has 0 amide bonds. The molecule has 0 aromatic carbocycles. The molecule has 2 N–H and O–H groups in total. The third-order valence-corrected chi connectivity index (χ3v) is 7.85. The zero-order valence-electron chi connectivity index (χ0n) is 26.6. The van der Waals surface area contributed by atoms with E-state index in [4.69, 9.17) is 20.1 Å². The van der Waals surface area contributed by atoms with Gasteiger partial charge in [0.15, 0.2) is 5.69 Å². The van der Waals surface area contributed by atoms with Gasteiger partial charge in [0, 0.05) is 73.1 Å². The largest absolute Gasteiger partial charge is 0.461 e. The van der Waals surface area contributed by atoms with Crippen molar-refractivity contribution in [2.24, 2.45) is 11.8 Å². The van der Waals surface area contributed by atoms with Crippen LogP contribution >= 0.6 is 0 Å². The minimum Gasteiger partial charge on any atom is -0.461 e. The van der Waals surface area contributed by atoms with E-state index < -0.39 is 5.97 Å². The number of nitriles is 1. The zero-order chi connectivity index (χ0) is 31.6. The average molecular weight is 597 g/mol. The van der Waals surface area contributed by atoms with E-state index in [2.05, 4.69) is 26.2 Å². The molecule has 2 aliphatic rings. The number of hydrogen-bond acceptors (Lipinski definition) is 10. The number of piperidine rings is 1. The highest BCUT2D eigenvalue weighted by atomic mass is 16.5. The van der Waals surface area contributed by atoms with Crippen molar-refractivity contribution in [2.45, 2.75) is 60.3 Å². The van der Waals surface area contributed by atoms with Crippen molar-refractivity contribution < 1.29 is 9.53 Å². The Labute approximate surface area is 261 Å². The van der Waals surface area contributed by atoms with Crippen molar-refractivity contribution in [1.29, 1.82) is 10.7 Å². The highest BCUT2D eigenvalue weighted by Crippen LogP contribution is 2.34. The molecule has 0 saturated carbocycles. The topological polar surface area (TPSA) is 131 Å². The van der Waals surface area contributed by atoms with Crippen LogP contribution in [0.5, 0.6) is 0 Å². The second-order valence-corrected chi connectivity index (χ2v) is 11.1. The van der Waals surface area contributed by atoms with E-state index in [0.717, 1.165) is 74.7 Å². The number of carbonyl (C=O) groups is 1. The molecule has 10 nitrogen and oxygen atoms in total. The molecule has 10 heteroatoms. The van der Waals surface area contributed by atoms with Crippen molar-refractivity contribution in [3.05, 3.63) is 54.0 Å². The fourth-order valence-corrected chi connectivity index (χ4v) is 5.46. The number of carbonyl (C=O) groups excluding carboxylic acids is 1. The number of nitrogens with one attached hydrogen (secondary N) is 2. The van der Waals surface area contributed by atoms with Gasteiger partial charge in [-0.25, -0.2) is 19.7 Å². The maximum absolute atomic E-state index is 13.0. The molecular weight excluding hydrogens is 552 g/mol. The Bertz CT molecular complexity index is 1470. The Morgan fingerprint density at radius 2 is 1.77 bits per heavy atom. The van der Waals surface area contributed by atoms with E-state index >= 15 is 0 Å². The Balaban J connectivity index is 0.00000216. The van der Waals surface area contributed by atoms with Crippen molar-refractivity contribution in [3.63, 3.8) is 0 Å². The van der Waals surface area contributed by atoms with E-state index in [1.165, 1.54) is 0 Å². The number of hydrogen-bond donors (Lipinski definition) is 2. The van der Waals surface area contributed by atoms with Crippen LogP contribution < -0.4 is 15.1 Å². The van der Waals surface area contributed by atoms with Crippen LogP contribution in [0.3, 0.4) is 0 Å². The smallest absolute Gasteiger partial charge is 0.357 e. The minimum atomic E-state index is -0.526. The van der Waals surface area contributed by atoms with Gasteiger partial charge in [0.25, 0.3) is 0 Å². The first kappa shape index (κ1) is 32.4. The number of nitrogens with zero attached hydrogens (tertiary/aromatic N) is 6. The van der Waals surface area contributed by atoms with Crippen LogP contribution in [-0.4, -0.2) is 59.4 Å². The first-order valence-electron chi connectivity index (χ1n) is 15.8. The molecule has 2 aliphatic heterocycles. The third kappa shape index (κ3) is 7.51. The summed E-state index contributed by atoms with van der Waals surface area (Å²) in [7, 11) is 0. The first-order valence-corrected chi connectivity index (χ1v) is 15.8. The van der Waals surface area contributed by atoms with Gasteiger partial charge < -0.3 is 25.3 Å². The molecule has 5 rings (SSSR count). The van der Waals surface area contributed by atoms with Crippen LogP contribution in [0.15, 0.2) is 42.7 Å². The van der Waals surface area contributed by atoms with Crippen molar-refractivity contribution in [3.8, 4) is 17.2 Å². The van der Waals surface area contributed by atoms with Crippen molar-refractivity contribution in [1.82, 2.24) is 15.0 Å². The summed E-state index contributed by atoms with van der Waals surface area (Å²) in [4.78, 5) is 31.4. The van der Waals surface area contributed by atoms with Crippen molar-refractivity contribution in [2.75, 3.05) is 47.9 Å². The molecule has 2 fully saturated rings. The highest BCUT2D eigenvalue weighted by molar-refractivity contribution is 6.10. The lowest BCUT2D eigenvalue weighted by atomic mass is 9.92. The Morgan fingerprint density at radius 1 is 1.07 bits per heavy atom. The summed E-state index contributed by atoms with van der Waals surface area (Å²) in [6.45, 7) is 13.5. The maximum atomic E-state index is 13.0. The number of aromatic nitrogens is 3. The number of esters is 1. The monoisotopic (exact) mass is 596 g/mol. The van der Waals surface area contributed by atoms with E-state index in [9.17, 15) is 10.1 Å². The van der Waals surface area contributed by atoms with E-state index in [1.807, 2.05) is 52.0 Å². The summed E-state index contributed by atoms with van der Waals surface area (Å²) in [5.74, 6) is 1.63. The number of ether oxygens (including phenoxy) is 1. The molecule has 44 heavy (non-hydrogen) atoms. The summed E-state index contributed by atoms with van der Waals surface area (Å²) >= 11 is 0. The first-order chi connectivity index (χ1) is 21.4. The Morgan fingerprint density at radius 3 is 2.39 bits per heavy atom. The Kier molecular flexibility index (Phi) is 11.2. The van der Waals surface area contributed by atoms with Gasteiger partial charge in [0.05, 0.1) is 12.7 Å². The van der Waals surface area contributed by atoms with Crippen LogP contribution in [0.4, 0.5) is 23.1 Å². The van der Waals surface area contributed by atoms with E-state index in [0.29, 0.717) is 22.7 Å². The molecule has 3 aromatic heterocycles. The van der Waals surface area contributed by atoms with Gasteiger partial charge in [0.2, 0.25) is 0 Å². The Hall–Kier alpha value is -4.52. The van der Waals surface area contributed by atoms with Gasteiger partial charge in [-0.15, -0.1) is 0 Å². The summed E-state index contributed by atoms with van der Waals surface area (Å²) in [6, 6.07) is 11.9. The second kappa shape index (κ2) is 15.3. The number of anilines is 4. The lowest BCUT2D eigenvalue weighted by Crippen LogP contribution is -2.33. The third-order valence-electron chi connectivity index (χ3n) is 7.85. The maximum Gasteiger partial charge on any atom is 0.357 e. The van der Waals surface area contributed by atoms with E-state index in [1.54, 1.807) is 25.4 Å². The van der Waals surface area contributed by atoms with Crippen LogP contribution in [0, 0.1) is 28.6 Å². The van der Waals surface area contributed by atoms with Gasteiger partial charge >= 0.3 is 5.97 Å². The standard InChI is InChI=1S/C32H38N8O2.C2H6/c1-4-42-32(41)26-18-25(23-7-8-27(36-20-23)40-15-10-22(19-33)11-16-40)29(30(34)21(2)3)31(38-26)37-24-9-12-35-28(17-24)39-13-5-6-14-39;1-2/h7-9,12,17-18,20-22,34H,4-6,10-11,13-16H2,1-3H3,(H,35,37,38);1-2H3. The van der Waals surface area contributed by atoms with Gasteiger partial charge in [-0.2, -0.15) is 5.26 Å². The molecule has 5 heterocycles. The van der Waals surface area contributed by atoms with E-state index in [-0.39, 0.29) is 24.1 Å². The number of rotatable bonds is 9. The molecule has 0 aliphatic carbocycles. The lowest BCUT2D eigenvalue weighted by Gasteiger charge is -2.30. The normalized spacial score (nSPS) is 14.9. The van der Waals surface area contributed by atoms with Crippen molar-refractivity contribution >= 4 is 34.8 Å². The molecular formula is C34H44N8O2. The van der Waals surface area contributed by atoms with Gasteiger partial charge in [-0.1, -0.05) is 27.7 Å². The summed E-state index contributed by atoms with van der Waals surface area (Å²) in [5, 5.41) is 21.7. The average Bonchev–Trinajstić information content (AvgIpc) is 3.61. The van der Waals surface area contributed by atoms with Gasteiger partial charge in [-0.05, 0) is 68.4 Å². The molecule has 232 valence electrons. The predicted molar refractivity (Wildman–Crippen MR) is 176 cm³/mol. The second-order valence-electron chi connectivity index (χ2n) is 11.1. The van der Waals surface area contributed by atoms with Crippen LogP contribution in [0.2, 0.25) is 0 Å². The molecule has 2 saturated heterocycles. The van der Waals surface area contributed by atoms with Crippen LogP contribution in [-0.2, 0) is 4.74 Å². The summed E-state index contributed by atoms with van der Waals surface area (Å²) in [5.41, 5.74) is 3.40. The lowest BCUT2D eigenvalue weighted by molar-refractivity contribution is 0.0519. The summed E-state index contributed by atoms with van der Waals surface area (Å²) < 4.78 is 5.33. The fraction of sp³-hybridized carbons (Fsp3) is 0.471. The van der Waals surface area contributed by atoms with Crippen LogP contribution in [0.25, 0.3) is 11.1 Å². The van der Waals surface area contributed by atoms with Gasteiger partial charge in [0.1, 0.15) is 17.5 Å². The number of pyridine rings is 3.